The van der Waals surface area contributed by atoms with Crippen LogP contribution in [0.1, 0.15) is 69.4 Å². The van der Waals surface area contributed by atoms with E-state index in [1.54, 1.807) is 12.1 Å². The Morgan fingerprint density at radius 3 is 2.41 bits per heavy atom. The molecule has 0 saturated heterocycles. The van der Waals surface area contributed by atoms with Crippen LogP contribution in [0.15, 0.2) is 24.3 Å². The lowest BCUT2D eigenvalue weighted by atomic mass is 9.81. The summed E-state index contributed by atoms with van der Waals surface area (Å²) in [5, 5.41) is 13.2. The highest BCUT2D eigenvalue weighted by Crippen LogP contribution is 2.50. The predicted molar refractivity (Wildman–Crippen MR) is 154 cm³/mol. The fourth-order valence-electron chi connectivity index (χ4n) is 7.79. The smallest absolute Gasteiger partial charge is 0.337 e. The molecule has 0 atom stereocenters. The largest absolute Gasteiger partial charge is 0.478 e. The van der Waals surface area contributed by atoms with Crippen LogP contribution in [-0.4, -0.2) is 37.3 Å². The number of hydrogen-bond donors (Lipinski definition) is 1. The molecule has 198 valence electrons. The number of carbonyl (C=O) groups is 1. The minimum atomic E-state index is -1.07. The van der Waals surface area contributed by atoms with E-state index in [9.17, 15) is 9.90 Å². The average Bonchev–Trinajstić information content (AvgIpc) is 2.94. The van der Waals surface area contributed by atoms with Gasteiger partial charge in [0.2, 0.25) is 5.36 Å². The molecule has 0 aliphatic carbocycles. The second-order valence-electron chi connectivity index (χ2n) is 11.4. The van der Waals surface area contributed by atoms with Gasteiger partial charge in [-0.15, -0.1) is 0 Å². The molecule has 8 rings (SSSR count). The highest BCUT2D eigenvalue weighted by molar-refractivity contribution is 6.37. The van der Waals surface area contributed by atoms with Gasteiger partial charge in [-0.3, -0.25) is 0 Å². The molecule has 0 amide bonds. The lowest BCUT2D eigenvalue weighted by Crippen LogP contribution is -2.45. The first-order valence-corrected chi connectivity index (χ1v) is 14.9. The van der Waals surface area contributed by atoms with Crippen LogP contribution in [0.2, 0.25) is 10.0 Å². The Hall–Kier alpha value is -3.02. The van der Waals surface area contributed by atoms with Gasteiger partial charge in [0.05, 0.1) is 16.1 Å². The van der Waals surface area contributed by atoms with E-state index >= 15 is 0 Å². The van der Waals surface area contributed by atoms with Gasteiger partial charge in [0, 0.05) is 69.7 Å². The number of carboxylic acids is 1. The Morgan fingerprint density at radius 1 is 0.872 bits per heavy atom. The van der Waals surface area contributed by atoms with E-state index in [-0.39, 0.29) is 10.6 Å². The highest BCUT2D eigenvalue weighted by atomic mass is 35.5. The Kier molecular flexibility index (Phi) is 5.34. The summed E-state index contributed by atoms with van der Waals surface area (Å²) in [7, 11) is 0. The van der Waals surface area contributed by atoms with Gasteiger partial charge in [-0.25, -0.2) is 9.37 Å². The van der Waals surface area contributed by atoms with Gasteiger partial charge < -0.3 is 14.7 Å². The molecular formula is C32H29Cl2N2O3+. The van der Waals surface area contributed by atoms with E-state index in [4.69, 9.17) is 27.9 Å². The topological polar surface area (TPSA) is 52.8 Å². The van der Waals surface area contributed by atoms with Crippen LogP contribution in [-0.2, 0) is 25.7 Å². The standard InChI is InChI=1S/C32H28Cl2N2O3/c33-23-9-10-24(34)27(32(37)38)26(23)25-21-15-17-5-1-11-35-13-3-7-19(28(17)35)30(21)39-31-20-8-4-14-36-12-2-6-18(29(20)36)16-22(25)31/h9-10,15-16H,1-8,11-14H2/p+1. The Morgan fingerprint density at radius 2 is 1.59 bits per heavy atom. The quantitative estimate of drug-likeness (QED) is 0.346. The van der Waals surface area contributed by atoms with Gasteiger partial charge >= 0.3 is 5.97 Å². The number of benzene rings is 3. The molecule has 7 heteroatoms. The van der Waals surface area contributed by atoms with Crippen molar-refractivity contribution in [1.82, 2.24) is 4.58 Å². The fourth-order valence-corrected chi connectivity index (χ4v) is 8.28. The number of ether oxygens (including phenoxy) is 1. The number of carboxylic acid groups (broad SMARTS) is 1. The van der Waals surface area contributed by atoms with Crippen LogP contribution in [0, 0.1) is 0 Å². The molecule has 5 nitrogen and oxygen atoms in total. The molecule has 5 aliphatic rings. The van der Waals surface area contributed by atoms with Gasteiger partial charge in [0.1, 0.15) is 24.6 Å². The fraction of sp³-hybridized carbons (Fsp3) is 0.375. The Balaban J connectivity index is 1.57. The molecule has 39 heavy (non-hydrogen) atoms. The van der Waals surface area contributed by atoms with E-state index in [1.165, 1.54) is 33.3 Å². The van der Waals surface area contributed by atoms with Gasteiger partial charge in [0.25, 0.3) is 0 Å². The van der Waals surface area contributed by atoms with Gasteiger partial charge in [-0.05, 0) is 68.4 Å². The maximum absolute atomic E-state index is 12.7. The summed E-state index contributed by atoms with van der Waals surface area (Å²) >= 11 is 13.5. The van der Waals surface area contributed by atoms with E-state index < -0.39 is 5.97 Å². The molecule has 3 aromatic carbocycles. The van der Waals surface area contributed by atoms with Crippen molar-refractivity contribution in [3.63, 3.8) is 0 Å². The first-order valence-electron chi connectivity index (χ1n) is 14.2. The van der Waals surface area contributed by atoms with E-state index in [0.29, 0.717) is 10.6 Å². The summed E-state index contributed by atoms with van der Waals surface area (Å²) in [6.45, 7) is 4.29. The zero-order valence-corrected chi connectivity index (χ0v) is 23.2. The molecule has 5 aliphatic heterocycles. The molecule has 0 saturated carbocycles. The second kappa shape index (κ2) is 8.74. The summed E-state index contributed by atoms with van der Waals surface area (Å²) < 4.78 is 9.56. The van der Waals surface area contributed by atoms with E-state index in [0.717, 1.165) is 105 Å². The van der Waals surface area contributed by atoms with E-state index in [1.807, 2.05) is 0 Å². The molecule has 0 aromatic heterocycles. The molecule has 3 aromatic rings. The van der Waals surface area contributed by atoms with Gasteiger partial charge in [0.15, 0.2) is 0 Å². The molecule has 0 spiro atoms. The van der Waals surface area contributed by atoms with Gasteiger partial charge in [-0.1, -0.05) is 23.2 Å². The van der Waals surface area contributed by atoms with Crippen molar-refractivity contribution in [2.45, 2.75) is 51.4 Å². The first kappa shape index (κ1) is 23.8. The number of aryl methyl sites for hydroxylation is 2. The normalized spacial score (nSPS) is 18.6. The summed E-state index contributed by atoms with van der Waals surface area (Å²) in [5.41, 5.74) is 8.82. The highest BCUT2D eigenvalue weighted by Gasteiger charge is 2.37. The molecule has 0 radical (unpaired) electrons. The van der Waals surface area contributed by atoms with Crippen LogP contribution < -0.4 is 24.8 Å². The molecule has 0 unspecified atom stereocenters. The number of rotatable bonds is 2. The lowest BCUT2D eigenvalue weighted by molar-refractivity contribution is 0.0696. The van der Waals surface area contributed by atoms with Crippen molar-refractivity contribution in [2.75, 3.05) is 31.1 Å². The average molecular weight is 561 g/mol. The van der Waals surface area contributed by atoms with Crippen molar-refractivity contribution in [2.24, 2.45) is 0 Å². The number of aromatic carboxylic acids is 1. The minimum Gasteiger partial charge on any atom is -0.478 e. The number of hydrogen-bond acceptors (Lipinski definition) is 3. The maximum Gasteiger partial charge on any atom is 0.337 e. The van der Waals surface area contributed by atoms with Crippen LogP contribution in [0.3, 0.4) is 0 Å². The second-order valence-corrected chi connectivity index (χ2v) is 12.2. The van der Waals surface area contributed by atoms with Gasteiger partial charge in [-0.2, -0.15) is 0 Å². The maximum atomic E-state index is 12.7. The molecule has 0 fully saturated rings. The zero-order chi connectivity index (χ0) is 26.4. The summed E-state index contributed by atoms with van der Waals surface area (Å²) in [6.07, 6.45) is 8.30. The first-order chi connectivity index (χ1) is 19.0. The summed E-state index contributed by atoms with van der Waals surface area (Å²) in [5.74, 6) is 0.675. The van der Waals surface area contributed by atoms with E-state index in [2.05, 4.69) is 21.6 Å². The van der Waals surface area contributed by atoms with Crippen molar-refractivity contribution in [3.8, 4) is 11.5 Å². The zero-order valence-electron chi connectivity index (χ0n) is 21.7. The van der Waals surface area contributed by atoms with Crippen molar-refractivity contribution in [3.05, 3.63) is 83.8 Å². The van der Waals surface area contributed by atoms with Crippen molar-refractivity contribution < 1.29 is 14.6 Å². The number of halogens is 2. The summed E-state index contributed by atoms with van der Waals surface area (Å²) in [6, 6.07) is 7.82. The Labute approximate surface area is 236 Å². The minimum absolute atomic E-state index is 0.0546. The number of nitrogens with zero attached hydrogens (tertiary/aromatic N) is 2. The molecule has 5 heterocycles. The number of fused-ring (bicyclic) bond motifs is 4. The van der Waals surface area contributed by atoms with Crippen LogP contribution in [0.5, 0.6) is 11.5 Å². The van der Waals surface area contributed by atoms with Crippen LogP contribution in [0.4, 0.5) is 5.69 Å². The van der Waals surface area contributed by atoms with Crippen LogP contribution >= 0.6 is 23.2 Å². The SMILES string of the molecule is O=C(O)c1c(Cl)ccc(Cl)c1C1=c2cc3c4c(c2Oc2c1cc1c5c2CCCN5CCC1)CCC[N+]=4CCC3. The molecular weight excluding hydrogens is 531 g/mol. The van der Waals surface area contributed by atoms with Crippen molar-refractivity contribution >= 4 is 40.4 Å². The third-order valence-electron chi connectivity index (χ3n) is 9.26. The Bertz CT molecular complexity index is 1750. The molecule has 0 bridgehead atoms. The monoisotopic (exact) mass is 559 g/mol. The third kappa shape index (κ3) is 3.39. The van der Waals surface area contributed by atoms with Crippen LogP contribution in [0.25, 0.3) is 5.57 Å². The summed E-state index contributed by atoms with van der Waals surface area (Å²) in [4.78, 5) is 15.2. The predicted octanol–water partition coefficient (Wildman–Crippen LogP) is 5.13. The van der Waals surface area contributed by atoms with Crippen molar-refractivity contribution in [1.29, 1.82) is 0 Å². The third-order valence-corrected chi connectivity index (χ3v) is 9.89. The lowest BCUT2D eigenvalue weighted by Gasteiger charge is -2.39. The molecule has 1 N–H and O–H groups in total. The number of anilines is 1.